The van der Waals surface area contributed by atoms with Crippen LogP contribution in [0.1, 0.15) is 25.7 Å². The van der Waals surface area contributed by atoms with Gasteiger partial charge in [-0.25, -0.2) is 9.97 Å². The van der Waals surface area contributed by atoms with Gasteiger partial charge in [0.1, 0.15) is 0 Å². The van der Waals surface area contributed by atoms with E-state index in [0.717, 1.165) is 37.5 Å². The highest BCUT2D eigenvalue weighted by molar-refractivity contribution is 7.99. The van der Waals surface area contributed by atoms with E-state index < -0.39 is 0 Å². The van der Waals surface area contributed by atoms with Crippen molar-refractivity contribution >= 4 is 17.7 Å². The fraction of sp³-hybridized carbons (Fsp3) is 0.733. The monoisotopic (exact) mass is 292 g/mol. The normalized spacial score (nSPS) is 27.5. The summed E-state index contributed by atoms with van der Waals surface area (Å²) in [7, 11) is 0. The SMILES string of the molecule is c1cnc(N2CCC[C@H](CN[C@@H]3CCCSC3)C2)nc1. The lowest BCUT2D eigenvalue weighted by atomic mass is 9.97. The highest BCUT2D eigenvalue weighted by Crippen LogP contribution is 2.21. The minimum atomic E-state index is 0.733. The summed E-state index contributed by atoms with van der Waals surface area (Å²) in [6.07, 6.45) is 8.98. The number of anilines is 1. The fourth-order valence-corrected chi connectivity index (χ4v) is 4.21. The second-order valence-electron chi connectivity index (χ2n) is 5.83. The summed E-state index contributed by atoms with van der Waals surface area (Å²) in [4.78, 5) is 11.1. The minimum Gasteiger partial charge on any atom is -0.341 e. The highest BCUT2D eigenvalue weighted by Gasteiger charge is 2.22. The number of nitrogens with one attached hydrogen (secondary N) is 1. The summed E-state index contributed by atoms with van der Waals surface area (Å²) in [6, 6.07) is 2.62. The van der Waals surface area contributed by atoms with Crippen LogP contribution in [0.5, 0.6) is 0 Å². The standard InChI is InChI=1S/C15H24N4S/c1-4-13(10-18-14-5-2-9-20-12-14)11-19(8-1)15-16-6-3-7-17-15/h3,6-7,13-14,18H,1-2,4-5,8-12H2/t13-,14-/m1/s1. The van der Waals surface area contributed by atoms with Gasteiger partial charge < -0.3 is 10.2 Å². The van der Waals surface area contributed by atoms with Gasteiger partial charge in [-0.3, -0.25) is 0 Å². The Labute approximate surface area is 125 Å². The molecule has 0 radical (unpaired) electrons. The topological polar surface area (TPSA) is 41.1 Å². The van der Waals surface area contributed by atoms with Gasteiger partial charge in [-0.1, -0.05) is 0 Å². The van der Waals surface area contributed by atoms with Crippen LogP contribution in [0, 0.1) is 5.92 Å². The average molecular weight is 292 g/mol. The Morgan fingerprint density at radius 1 is 1.25 bits per heavy atom. The largest absolute Gasteiger partial charge is 0.341 e. The van der Waals surface area contributed by atoms with Crippen LogP contribution in [0.4, 0.5) is 5.95 Å². The van der Waals surface area contributed by atoms with Crippen LogP contribution in [0.3, 0.4) is 0 Å². The van der Waals surface area contributed by atoms with Gasteiger partial charge in [0.25, 0.3) is 0 Å². The molecule has 3 rings (SSSR count). The van der Waals surface area contributed by atoms with E-state index in [9.17, 15) is 0 Å². The van der Waals surface area contributed by atoms with Crippen LogP contribution in [0.2, 0.25) is 0 Å². The van der Waals surface area contributed by atoms with E-state index in [1.54, 1.807) is 0 Å². The Hall–Kier alpha value is -0.810. The van der Waals surface area contributed by atoms with Crippen molar-refractivity contribution in [3.63, 3.8) is 0 Å². The van der Waals surface area contributed by atoms with Crippen LogP contribution < -0.4 is 10.2 Å². The predicted molar refractivity (Wildman–Crippen MR) is 85.3 cm³/mol. The molecule has 3 heterocycles. The second-order valence-corrected chi connectivity index (χ2v) is 6.98. The van der Waals surface area contributed by atoms with Crippen molar-refractivity contribution in [2.24, 2.45) is 5.92 Å². The molecule has 1 aromatic heterocycles. The van der Waals surface area contributed by atoms with Crippen LogP contribution >= 0.6 is 11.8 Å². The van der Waals surface area contributed by atoms with Crippen LogP contribution in [-0.2, 0) is 0 Å². The molecule has 2 aliphatic heterocycles. The molecule has 0 amide bonds. The first kappa shape index (κ1) is 14.1. The van der Waals surface area contributed by atoms with Crippen molar-refractivity contribution in [2.45, 2.75) is 31.7 Å². The fourth-order valence-electron chi connectivity index (χ4n) is 3.10. The van der Waals surface area contributed by atoms with E-state index in [1.165, 1.54) is 37.2 Å². The molecule has 110 valence electrons. The Morgan fingerprint density at radius 2 is 2.15 bits per heavy atom. The van der Waals surface area contributed by atoms with E-state index in [-0.39, 0.29) is 0 Å². The van der Waals surface area contributed by atoms with Gasteiger partial charge in [-0.15, -0.1) is 0 Å². The van der Waals surface area contributed by atoms with E-state index >= 15 is 0 Å². The van der Waals surface area contributed by atoms with Crippen molar-refractivity contribution < 1.29 is 0 Å². The van der Waals surface area contributed by atoms with Crippen LogP contribution in [0.25, 0.3) is 0 Å². The number of hydrogen-bond donors (Lipinski definition) is 1. The molecule has 4 nitrogen and oxygen atoms in total. The first-order valence-electron chi connectivity index (χ1n) is 7.75. The van der Waals surface area contributed by atoms with Gasteiger partial charge in [-0.05, 0) is 50.0 Å². The molecule has 1 N–H and O–H groups in total. The van der Waals surface area contributed by atoms with Crippen molar-refractivity contribution in [1.29, 1.82) is 0 Å². The van der Waals surface area contributed by atoms with Crippen LogP contribution in [0.15, 0.2) is 18.5 Å². The molecule has 0 aliphatic carbocycles. The molecule has 0 bridgehead atoms. The number of thioether (sulfide) groups is 1. The summed E-state index contributed by atoms with van der Waals surface area (Å²) in [6.45, 7) is 3.34. The first-order chi connectivity index (χ1) is 9.92. The highest BCUT2D eigenvalue weighted by atomic mass is 32.2. The molecule has 2 atom stereocenters. The van der Waals surface area contributed by atoms with Gasteiger partial charge in [0.05, 0.1) is 0 Å². The lowest BCUT2D eigenvalue weighted by Crippen LogP contribution is -2.43. The lowest BCUT2D eigenvalue weighted by molar-refractivity contribution is 0.366. The van der Waals surface area contributed by atoms with Gasteiger partial charge in [-0.2, -0.15) is 11.8 Å². The molecule has 2 fully saturated rings. The minimum absolute atomic E-state index is 0.733. The van der Waals surface area contributed by atoms with Crippen molar-refractivity contribution in [3.8, 4) is 0 Å². The molecule has 0 aromatic carbocycles. The predicted octanol–water partition coefficient (Wildman–Crippen LogP) is 2.18. The summed E-state index contributed by atoms with van der Waals surface area (Å²) in [5.41, 5.74) is 0. The molecule has 0 saturated carbocycles. The van der Waals surface area contributed by atoms with E-state index in [0.29, 0.717) is 0 Å². The molecule has 2 saturated heterocycles. The number of nitrogens with zero attached hydrogens (tertiary/aromatic N) is 3. The lowest BCUT2D eigenvalue weighted by Gasteiger charge is -2.34. The van der Waals surface area contributed by atoms with E-state index in [1.807, 2.05) is 18.5 Å². The maximum atomic E-state index is 4.38. The van der Waals surface area contributed by atoms with Crippen molar-refractivity contribution in [1.82, 2.24) is 15.3 Å². The quantitative estimate of drug-likeness (QED) is 0.921. The maximum Gasteiger partial charge on any atom is 0.225 e. The second kappa shape index (κ2) is 7.27. The third-order valence-corrected chi connectivity index (χ3v) is 5.42. The molecule has 20 heavy (non-hydrogen) atoms. The molecular formula is C15H24N4S. The number of piperidine rings is 1. The van der Waals surface area contributed by atoms with Gasteiger partial charge in [0.15, 0.2) is 0 Å². The zero-order valence-electron chi connectivity index (χ0n) is 12.0. The first-order valence-corrected chi connectivity index (χ1v) is 8.90. The Morgan fingerprint density at radius 3 is 2.95 bits per heavy atom. The third kappa shape index (κ3) is 3.85. The molecule has 0 unspecified atom stereocenters. The van der Waals surface area contributed by atoms with E-state index in [2.05, 4.69) is 31.9 Å². The summed E-state index contributed by atoms with van der Waals surface area (Å²) < 4.78 is 0. The Balaban J connectivity index is 1.48. The number of aromatic nitrogens is 2. The van der Waals surface area contributed by atoms with Gasteiger partial charge >= 0.3 is 0 Å². The van der Waals surface area contributed by atoms with Crippen molar-refractivity contribution in [2.75, 3.05) is 36.0 Å². The zero-order valence-corrected chi connectivity index (χ0v) is 12.8. The summed E-state index contributed by atoms with van der Waals surface area (Å²) in [5.74, 6) is 4.27. The summed E-state index contributed by atoms with van der Waals surface area (Å²) in [5, 5.41) is 3.78. The molecular weight excluding hydrogens is 268 g/mol. The molecule has 5 heteroatoms. The Bertz CT molecular complexity index is 394. The van der Waals surface area contributed by atoms with Gasteiger partial charge in [0.2, 0.25) is 5.95 Å². The average Bonchev–Trinajstić information content (AvgIpc) is 2.55. The number of rotatable bonds is 4. The summed E-state index contributed by atoms with van der Waals surface area (Å²) >= 11 is 2.09. The maximum absolute atomic E-state index is 4.38. The Kier molecular flexibility index (Phi) is 5.14. The van der Waals surface area contributed by atoms with Crippen molar-refractivity contribution in [3.05, 3.63) is 18.5 Å². The third-order valence-electron chi connectivity index (χ3n) is 4.21. The van der Waals surface area contributed by atoms with E-state index in [4.69, 9.17) is 0 Å². The molecule has 1 aromatic rings. The van der Waals surface area contributed by atoms with Crippen LogP contribution in [-0.4, -0.2) is 47.1 Å². The molecule has 0 spiro atoms. The zero-order chi connectivity index (χ0) is 13.6. The smallest absolute Gasteiger partial charge is 0.225 e. The molecule has 2 aliphatic rings. The van der Waals surface area contributed by atoms with Gasteiger partial charge in [0, 0.05) is 37.3 Å². The number of hydrogen-bond acceptors (Lipinski definition) is 5.